The van der Waals surface area contributed by atoms with E-state index >= 15 is 0 Å². The summed E-state index contributed by atoms with van der Waals surface area (Å²) in [6.45, 7) is 5.19. The van der Waals surface area contributed by atoms with Crippen molar-refractivity contribution >= 4 is 16.9 Å². The fourth-order valence-corrected chi connectivity index (χ4v) is 4.45. The summed E-state index contributed by atoms with van der Waals surface area (Å²) in [7, 11) is 0. The van der Waals surface area contributed by atoms with Crippen molar-refractivity contribution in [2.75, 3.05) is 6.61 Å². The molecule has 0 radical (unpaired) electrons. The fraction of sp³-hybridized carbons (Fsp3) is 0.241. The molecule has 1 unspecified atom stereocenters. The van der Waals surface area contributed by atoms with Gasteiger partial charge in [-0.3, -0.25) is 9.59 Å². The molecule has 1 aliphatic rings. The molecule has 0 fully saturated rings. The van der Waals surface area contributed by atoms with Gasteiger partial charge in [-0.2, -0.15) is 0 Å². The first-order chi connectivity index (χ1) is 16.6. The number of ether oxygens (including phenoxy) is 1. The minimum absolute atomic E-state index is 0.129. The molecule has 34 heavy (non-hydrogen) atoms. The third-order valence-corrected chi connectivity index (χ3v) is 6.31. The van der Waals surface area contributed by atoms with Crippen LogP contribution in [0.3, 0.4) is 0 Å². The van der Waals surface area contributed by atoms with E-state index in [1.807, 2.05) is 61.5 Å². The molecule has 4 aromatic rings. The Morgan fingerprint density at radius 1 is 0.941 bits per heavy atom. The Bertz CT molecular complexity index is 1390. The number of fused-ring (bicyclic) bond motifs is 2. The monoisotopic (exact) mass is 453 g/mol. The Morgan fingerprint density at radius 2 is 1.68 bits per heavy atom. The quantitative estimate of drug-likeness (QED) is 0.321. The molecule has 1 aromatic heterocycles. The SMILES string of the molecule is CCCCOc1ccc(C2c3c(oc4ccccc4c3=O)C(=O)N2Cc2ccc(C)cc2)cc1. The minimum atomic E-state index is -0.533. The number of nitrogens with zero attached hydrogens (tertiary/aromatic N) is 1. The van der Waals surface area contributed by atoms with Crippen LogP contribution in [-0.4, -0.2) is 17.4 Å². The van der Waals surface area contributed by atoms with Crippen LogP contribution in [0.1, 0.15) is 58.6 Å². The lowest BCUT2D eigenvalue weighted by Crippen LogP contribution is -2.29. The van der Waals surface area contributed by atoms with E-state index in [2.05, 4.69) is 6.92 Å². The standard InChI is InChI=1S/C29H27NO4/c1-3-4-17-33-22-15-13-21(14-16-22)26-25-27(31)23-7-5-6-8-24(23)34-28(25)29(32)30(26)18-20-11-9-19(2)10-12-20/h5-16,26H,3-4,17-18H2,1-2H3. The number of benzene rings is 3. The normalized spacial score (nSPS) is 15.1. The van der Waals surface area contributed by atoms with Crippen LogP contribution >= 0.6 is 0 Å². The average molecular weight is 454 g/mol. The Kier molecular flexibility index (Phi) is 5.93. The average Bonchev–Trinajstić information content (AvgIpc) is 3.13. The molecule has 172 valence electrons. The summed E-state index contributed by atoms with van der Waals surface area (Å²) in [4.78, 5) is 28.9. The Labute approximate surface area is 198 Å². The number of unbranched alkanes of at least 4 members (excludes halogenated alkanes) is 1. The van der Waals surface area contributed by atoms with Gasteiger partial charge in [0.2, 0.25) is 5.76 Å². The summed E-state index contributed by atoms with van der Waals surface area (Å²) in [5.74, 6) is 0.633. The zero-order valence-corrected chi connectivity index (χ0v) is 19.4. The second kappa shape index (κ2) is 9.18. The van der Waals surface area contributed by atoms with Gasteiger partial charge in [0.05, 0.1) is 23.6 Å². The van der Waals surface area contributed by atoms with Gasteiger partial charge in [-0.15, -0.1) is 0 Å². The lowest BCUT2D eigenvalue weighted by atomic mass is 9.98. The summed E-state index contributed by atoms with van der Waals surface area (Å²) in [6, 6.07) is 22.3. The maximum atomic E-state index is 13.6. The molecule has 0 N–H and O–H groups in total. The van der Waals surface area contributed by atoms with Gasteiger partial charge in [0, 0.05) is 6.54 Å². The molecule has 1 atom stereocenters. The van der Waals surface area contributed by atoms with Gasteiger partial charge < -0.3 is 14.1 Å². The highest BCUT2D eigenvalue weighted by atomic mass is 16.5. The van der Waals surface area contributed by atoms with Crippen LogP contribution in [0, 0.1) is 6.92 Å². The van der Waals surface area contributed by atoms with Crippen molar-refractivity contribution in [1.29, 1.82) is 0 Å². The van der Waals surface area contributed by atoms with Crippen molar-refractivity contribution in [3.05, 3.63) is 111 Å². The smallest absolute Gasteiger partial charge is 0.291 e. The molecule has 5 rings (SSSR count). The predicted molar refractivity (Wildman–Crippen MR) is 132 cm³/mol. The molecule has 0 spiro atoms. The highest BCUT2D eigenvalue weighted by Gasteiger charge is 2.42. The molecule has 1 aliphatic heterocycles. The second-order valence-corrected chi connectivity index (χ2v) is 8.76. The molecule has 0 bridgehead atoms. The zero-order chi connectivity index (χ0) is 23.7. The summed E-state index contributed by atoms with van der Waals surface area (Å²) in [5, 5.41) is 0.482. The van der Waals surface area contributed by atoms with Crippen LogP contribution in [0.25, 0.3) is 11.0 Å². The van der Waals surface area contributed by atoms with Crippen LogP contribution < -0.4 is 10.2 Å². The van der Waals surface area contributed by atoms with E-state index < -0.39 is 6.04 Å². The number of hydrogen-bond acceptors (Lipinski definition) is 4. The molecule has 0 saturated heterocycles. The van der Waals surface area contributed by atoms with Gasteiger partial charge in [-0.1, -0.05) is 67.4 Å². The zero-order valence-electron chi connectivity index (χ0n) is 19.4. The van der Waals surface area contributed by atoms with Crippen molar-refractivity contribution in [1.82, 2.24) is 4.90 Å². The van der Waals surface area contributed by atoms with E-state index in [9.17, 15) is 9.59 Å². The Morgan fingerprint density at radius 3 is 2.41 bits per heavy atom. The molecule has 1 amide bonds. The molecule has 0 aliphatic carbocycles. The van der Waals surface area contributed by atoms with Crippen molar-refractivity contribution < 1.29 is 13.9 Å². The first-order valence-corrected chi connectivity index (χ1v) is 11.7. The number of para-hydroxylation sites is 1. The van der Waals surface area contributed by atoms with Crippen molar-refractivity contribution in [2.45, 2.75) is 39.3 Å². The number of carbonyl (C=O) groups is 1. The number of aryl methyl sites for hydroxylation is 1. The molecule has 2 heterocycles. The lowest BCUT2D eigenvalue weighted by molar-refractivity contribution is 0.0714. The van der Waals surface area contributed by atoms with Crippen LogP contribution in [0.5, 0.6) is 5.75 Å². The highest BCUT2D eigenvalue weighted by molar-refractivity contribution is 5.99. The van der Waals surface area contributed by atoms with Crippen molar-refractivity contribution in [2.24, 2.45) is 0 Å². The molecular formula is C29H27NO4. The number of amides is 1. The van der Waals surface area contributed by atoms with Gasteiger partial charge in [0.15, 0.2) is 5.43 Å². The maximum Gasteiger partial charge on any atom is 0.291 e. The maximum absolute atomic E-state index is 13.6. The number of rotatable bonds is 7. The summed E-state index contributed by atoms with van der Waals surface area (Å²) in [6.07, 6.45) is 2.06. The second-order valence-electron chi connectivity index (χ2n) is 8.76. The molecule has 3 aromatic carbocycles. The third kappa shape index (κ3) is 3.98. The largest absolute Gasteiger partial charge is 0.494 e. The molecule has 5 heteroatoms. The highest BCUT2D eigenvalue weighted by Crippen LogP contribution is 2.39. The molecule has 5 nitrogen and oxygen atoms in total. The van der Waals surface area contributed by atoms with E-state index in [1.54, 1.807) is 23.1 Å². The van der Waals surface area contributed by atoms with E-state index in [-0.39, 0.29) is 17.1 Å². The van der Waals surface area contributed by atoms with Gasteiger partial charge in [-0.25, -0.2) is 0 Å². The van der Waals surface area contributed by atoms with Crippen LogP contribution in [0.15, 0.2) is 82.0 Å². The summed E-state index contributed by atoms with van der Waals surface area (Å²) >= 11 is 0. The topological polar surface area (TPSA) is 59.8 Å². The predicted octanol–water partition coefficient (Wildman–Crippen LogP) is 6.03. The summed E-state index contributed by atoms with van der Waals surface area (Å²) < 4.78 is 11.8. The Hall–Kier alpha value is -3.86. The van der Waals surface area contributed by atoms with Gasteiger partial charge >= 0.3 is 0 Å². The van der Waals surface area contributed by atoms with E-state index in [4.69, 9.17) is 9.15 Å². The van der Waals surface area contributed by atoms with Gasteiger partial charge in [-0.05, 0) is 48.7 Å². The van der Waals surface area contributed by atoms with Crippen molar-refractivity contribution in [3.63, 3.8) is 0 Å². The third-order valence-electron chi connectivity index (χ3n) is 6.31. The van der Waals surface area contributed by atoms with Crippen LogP contribution in [-0.2, 0) is 6.54 Å². The van der Waals surface area contributed by atoms with Gasteiger partial charge in [0.1, 0.15) is 11.3 Å². The first-order valence-electron chi connectivity index (χ1n) is 11.7. The lowest BCUT2D eigenvalue weighted by Gasteiger charge is -2.25. The molecule has 0 saturated carbocycles. The van der Waals surface area contributed by atoms with E-state index in [1.165, 1.54) is 0 Å². The number of carbonyl (C=O) groups excluding carboxylic acids is 1. The number of hydrogen-bond donors (Lipinski definition) is 0. The van der Waals surface area contributed by atoms with Crippen LogP contribution in [0.4, 0.5) is 0 Å². The fourth-order valence-electron chi connectivity index (χ4n) is 4.45. The Balaban J connectivity index is 1.59. The minimum Gasteiger partial charge on any atom is -0.494 e. The van der Waals surface area contributed by atoms with Crippen LogP contribution in [0.2, 0.25) is 0 Å². The van der Waals surface area contributed by atoms with E-state index in [0.29, 0.717) is 29.7 Å². The van der Waals surface area contributed by atoms with Crippen molar-refractivity contribution in [3.8, 4) is 5.75 Å². The first kappa shape index (κ1) is 22.0. The van der Waals surface area contributed by atoms with E-state index in [0.717, 1.165) is 35.3 Å². The molecular weight excluding hydrogens is 426 g/mol. The van der Waals surface area contributed by atoms with Gasteiger partial charge in [0.25, 0.3) is 5.91 Å². The summed E-state index contributed by atoms with van der Waals surface area (Å²) in [5.41, 5.74) is 3.66.